The van der Waals surface area contributed by atoms with Crippen LogP contribution in [0.4, 0.5) is 8.78 Å². The fourth-order valence-electron chi connectivity index (χ4n) is 4.80. The molecule has 2 heterocycles. The van der Waals surface area contributed by atoms with Crippen LogP contribution in [0.25, 0.3) is 10.8 Å². The van der Waals surface area contributed by atoms with Crippen molar-refractivity contribution >= 4 is 23.4 Å². The number of hydrogen-bond donors (Lipinski definition) is 0. The van der Waals surface area contributed by atoms with Gasteiger partial charge in [0, 0.05) is 10.9 Å². The average molecular weight is 417 g/mol. The van der Waals surface area contributed by atoms with Gasteiger partial charge in [0.25, 0.3) is 12.0 Å². The minimum Gasteiger partial charge on any atom is -0.485 e. The lowest BCUT2D eigenvalue weighted by Gasteiger charge is -2.62. The molecule has 30 heavy (non-hydrogen) atoms. The Kier molecular flexibility index (Phi) is 4.20. The monoisotopic (exact) mass is 417 g/mol. The molecule has 1 aromatic heterocycles. The van der Waals surface area contributed by atoms with E-state index in [0.717, 1.165) is 24.7 Å². The molecule has 0 radical (unpaired) electrons. The van der Waals surface area contributed by atoms with Gasteiger partial charge in [0.1, 0.15) is 12.4 Å². The van der Waals surface area contributed by atoms with Crippen LogP contribution in [-0.2, 0) is 14.8 Å². The van der Waals surface area contributed by atoms with Gasteiger partial charge in [-0.15, -0.1) is 0 Å². The third kappa shape index (κ3) is 2.83. The van der Waals surface area contributed by atoms with Crippen molar-refractivity contribution in [1.29, 1.82) is 0 Å². The summed E-state index contributed by atoms with van der Waals surface area (Å²) in [5.74, 6) is 0.990. The van der Waals surface area contributed by atoms with Crippen molar-refractivity contribution in [3.63, 3.8) is 0 Å². The predicted molar refractivity (Wildman–Crippen MR) is 111 cm³/mol. The van der Waals surface area contributed by atoms with E-state index in [1.54, 1.807) is 22.9 Å². The van der Waals surface area contributed by atoms with Crippen LogP contribution in [0.15, 0.2) is 29.2 Å². The number of pyridine rings is 1. The van der Waals surface area contributed by atoms with Gasteiger partial charge in [-0.1, -0.05) is 12.1 Å². The molecule has 8 heteroatoms. The Hall–Kier alpha value is -1.93. The quantitative estimate of drug-likeness (QED) is 0.700. The second-order valence-corrected chi connectivity index (χ2v) is 9.97. The molecule has 4 fully saturated rings. The Morgan fingerprint density at radius 2 is 1.77 bits per heavy atom. The van der Waals surface area contributed by atoms with Crippen molar-refractivity contribution in [3.8, 4) is 5.75 Å². The summed E-state index contributed by atoms with van der Waals surface area (Å²) in [6.45, 7) is 7.18. The van der Waals surface area contributed by atoms with E-state index in [-0.39, 0.29) is 11.1 Å². The maximum atomic E-state index is 13.4. The molecule has 0 atom stereocenters. The highest BCUT2D eigenvalue weighted by molar-refractivity contribution is 6.62. The first-order valence-corrected chi connectivity index (χ1v) is 10.5. The molecule has 1 saturated heterocycles. The maximum Gasteiger partial charge on any atom is 0.494 e. The third-order valence-corrected chi connectivity index (χ3v) is 7.41. The summed E-state index contributed by atoms with van der Waals surface area (Å²) in [5.41, 5.74) is -0.569. The average Bonchev–Trinajstić information content (AvgIpc) is 2.80. The molecule has 3 saturated carbocycles. The normalized spacial score (nSPS) is 28.5. The number of alkyl halides is 2. The second kappa shape index (κ2) is 6.30. The van der Waals surface area contributed by atoms with E-state index in [4.69, 9.17) is 14.0 Å². The fraction of sp³-hybridized carbons (Fsp3) is 0.591. The first kappa shape index (κ1) is 20.0. The molecule has 0 unspecified atom stereocenters. The van der Waals surface area contributed by atoms with E-state index >= 15 is 0 Å². The molecule has 160 valence electrons. The van der Waals surface area contributed by atoms with E-state index in [0.29, 0.717) is 22.4 Å². The van der Waals surface area contributed by atoms with Crippen LogP contribution in [-0.4, -0.2) is 35.9 Å². The number of rotatable bonds is 5. The first-order chi connectivity index (χ1) is 14.0. The summed E-state index contributed by atoms with van der Waals surface area (Å²) in [4.78, 5) is 13.4. The van der Waals surface area contributed by atoms with E-state index in [2.05, 4.69) is 0 Å². The van der Waals surface area contributed by atoms with Crippen LogP contribution < -0.4 is 15.8 Å². The summed E-state index contributed by atoms with van der Waals surface area (Å²) in [7, 11) is -0.604. The van der Waals surface area contributed by atoms with Crippen molar-refractivity contribution in [2.24, 2.45) is 5.92 Å². The molecule has 0 N–H and O–H groups in total. The number of ether oxygens (including phenoxy) is 1. The molecular weight excluding hydrogens is 391 g/mol. The molecule has 6 rings (SSSR count). The van der Waals surface area contributed by atoms with Gasteiger partial charge in [-0.25, -0.2) is 8.78 Å². The minimum absolute atomic E-state index is 0.120. The Morgan fingerprint density at radius 1 is 1.13 bits per heavy atom. The molecule has 4 aliphatic rings. The zero-order valence-electron chi connectivity index (χ0n) is 17.7. The fourth-order valence-corrected chi connectivity index (χ4v) is 4.80. The zero-order valence-corrected chi connectivity index (χ0v) is 17.7. The predicted octanol–water partition coefficient (Wildman–Crippen LogP) is 3.45. The van der Waals surface area contributed by atoms with Crippen LogP contribution in [0.1, 0.15) is 47.0 Å². The molecule has 1 aromatic carbocycles. The SMILES string of the molecule is CC1(C)OB(c2ccc3c(OCC(F)F)cn(C45CC(C4)C5)c(=O)c3c2)OC1(C)C. The number of benzene rings is 1. The lowest BCUT2D eigenvalue weighted by atomic mass is 9.49. The van der Waals surface area contributed by atoms with E-state index < -0.39 is 31.4 Å². The smallest absolute Gasteiger partial charge is 0.485 e. The lowest BCUT2D eigenvalue weighted by Crippen LogP contribution is -2.62. The van der Waals surface area contributed by atoms with Crippen molar-refractivity contribution in [3.05, 3.63) is 34.7 Å². The van der Waals surface area contributed by atoms with E-state index in [1.807, 2.05) is 33.8 Å². The Bertz CT molecular complexity index is 1050. The van der Waals surface area contributed by atoms with Crippen LogP contribution in [0.5, 0.6) is 5.75 Å². The van der Waals surface area contributed by atoms with Gasteiger partial charge in [-0.2, -0.15) is 0 Å². The van der Waals surface area contributed by atoms with Crippen LogP contribution >= 0.6 is 0 Å². The minimum atomic E-state index is -2.58. The first-order valence-electron chi connectivity index (χ1n) is 10.5. The topological polar surface area (TPSA) is 49.7 Å². The largest absolute Gasteiger partial charge is 0.494 e. The molecular formula is C22H26BF2NO4. The van der Waals surface area contributed by atoms with Crippen molar-refractivity contribution < 1.29 is 22.8 Å². The lowest BCUT2D eigenvalue weighted by molar-refractivity contribution is -0.0914. The standard InChI is InChI=1S/C22H26BF2NO4/c1-20(2)21(3,4)30-23(29-20)14-5-6-15-16(7-14)19(27)26(22-8-13(9-22)10-22)11-17(15)28-12-18(24)25/h5-7,11,13,18H,8-10,12H2,1-4H3. The molecule has 0 spiro atoms. The Labute approximate surface area is 174 Å². The summed E-state index contributed by atoms with van der Waals surface area (Å²) < 4.78 is 45.0. The molecule has 1 aliphatic heterocycles. The van der Waals surface area contributed by atoms with Crippen LogP contribution in [0.2, 0.25) is 0 Å². The molecule has 3 aliphatic carbocycles. The number of fused-ring (bicyclic) bond motifs is 1. The summed E-state index contributed by atoms with van der Waals surface area (Å²) in [6.07, 6.45) is 1.92. The van der Waals surface area contributed by atoms with Gasteiger partial charge >= 0.3 is 7.12 Å². The highest BCUT2D eigenvalue weighted by atomic mass is 19.3. The van der Waals surface area contributed by atoms with Gasteiger partial charge < -0.3 is 18.6 Å². The van der Waals surface area contributed by atoms with Gasteiger partial charge in [0.05, 0.1) is 22.8 Å². The van der Waals surface area contributed by atoms with Gasteiger partial charge in [-0.05, 0) is 64.4 Å². The highest BCUT2D eigenvalue weighted by Gasteiger charge is 2.58. The molecule has 0 amide bonds. The zero-order chi connectivity index (χ0) is 21.5. The van der Waals surface area contributed by atoms with E-state index in [1.165, 1.54) is 0 Å². The van der Waals surface area contributed by atoms with Gasteiger partial charge in [-0.3, -0.25) is 4.79 Å². The molecule has 2 bridgehead atoms. The summed E-state index contributed by atoms with van der Waals surface area (Å²) in [5, 5.41) is 0.975. The second-order valence-electron chi connectivity index (χ2n) is 9.97. The van der Waals surface area contributed by atoms with Crippen LogP contribution in [0, 0.1) is 5.92 Å². The van der Waals surface area contributed by atoms with Crippen molar-refractivity contribution in [2.75, 3.05) is 6.61 Å². The van der Waals surface area contributed by atoms with Crippen LogP contribution in [0.3, 0.4) is 0 Å². The summed E-state index contributed by atoms with van der Waals surface area (Å²) in [6, 6.07) is 5.31. The van der Waals surface area contributed by atoms with Crippen molar-refractivity contribution in [1.82, 2.24) is 4.57 Å². The number of hydrogen-bond acceptors (Lipinski definition) is 4. The highest BCUT2D eigenvalue weighted by Crippen LogP contribution is 2.62. The summed E-state index contributed by atoms with van der Waals surface area (Å²) >= 11 is 0. The molecule has 5 nitrogen and oxygen atoms in total. The molecule has 2 aromatic rings. The maximum absolute atomic E-state index is 13.4. The van der Waals surface area contributed by atoms with Gasteiger partial charge in [0.2, 0.25) is 0 Å². The van der Waals surface area contributed by atoms with E-state index in [9.17, 15) is 13.6 Å². The number of nitrogens with zero attached hydrogens (tertiary/aromatic N) is 1. The number of halogens is 2. The Morgan fingerprint density at radius 3 is 2.30 bits per heavy atom. The number of aromatic nitrogens is 1. The third-order valence-electron chi connectivity index (χ3n) is 7.41. The van der Waals surface area contributed by atoms with Gasteiger partial charge in [0.15, 0.2) is 0 Å². The van der Waals surface area contributed by atoms with Crippen molar-refractivity contribution in [2.45, 2.75) is 70.1 Å². The Balaban J connectivity index is 1.60.